The van der Waals surface area contributed by atoms with Crippen molar-refractivity contribution in [1.82, 2.24) is 9.88 Å². The number of aromatic nitrogens is 1. The first-order valence-corrected chi connectivity index (χ1v) is 7.67. The van der Waals surface area contributed by atoms with E-state index in [0.29, 0.717) is 5.92 Å². The van der Waals surface area contributed by atoms with Gasteiger partial charge in [-0.05, 0) is 36.8 Å². The number of hydrogen-bond acceptors (Lipinski definition) is 1. The fourth-order valence-electron chi connectivity index (χ4n) is 3.18. The molecule has 0 bridgehead atoms. The van der Waals surface area contributed by atoms with E-state index in [4.69, 9.17) is 11.6 Å². The van der Waals surface area contributed by atoms with Crippen molar-refractivity contribution in [3.05, 3.63) is 36.0 Å². The highest BCUT2D eigenvalue weighted by Gasteiger charge is 2.25. The molecule has 3 rings (SSSR count). The maximum absolute atomic E-state index is 6.33. The second kappa shape index (κ2) is 5.56. The molecule has 19 heavy (non-hydrogen) atoms. The van der Waals surface area contributed by atoms with Crippen molar-refractivity contribution in [1.29, 1.82) is 0 Å². The summed E-state index contributed by atoms with van der Waals surface area (Å²) >= 11 is 6.33. The number of halogens is 1. The maximum Gasteiger partial charge on any atom is 0.0847 e. The minimum atomic E-state index is 0.212. The van der Waals surface area contributed by atoms with Crippen LogP contribution in [0.25, 0.3) is 10.9 Å². The maximum atomic E-state index is 6.33. The highest BCUT2D eigenvalue weighted by molar-refractivity contribution is 6.20. The standard InChI is InChI=1S/C16H21ClN2/c1-2-16(17)19-9-7-12(8-10-19)14-11-18-15-6-4-3-5-13(14)15/h3-6,11-12,16,18H,2,7-10H2,1H3. The van der Waals surface area contributed by atoms with Crippen LogP contribution in [0.3, 0.4) is 0 Å². The molecule has 1 fully saturated rings. The van der Waals surface area contributed by atoms with Gasteiger partial charge in [-0.2, -0.15) is 0 Å². The fraction of sp³-hybridized carbons (Fsp3) is 0.500. The average molecular weight is 277 g/mol. The SMILES string of the molecule is CCC(Cl)N1CCC(c2c[nH]c3ccccc23)CC1. The predicted octanol–water partition coefficient (Wildman–Crippen LogP) is 4.32. The Bertz CT molecular complexity index is 540. The lowest BCUT2D eigenvalue weighted by atomic mass is 9.89. The van der Waals surface area contributed by atoms with Crippen molar-refractivity contribution < 1.29 is 0 Å². The van der Waals surface area contributed by atoms with Gasteiger partial charge in [0, 0.05) is 30.2 Å². The van der Waals surface area contributed by atoms with Crippen LogP contribution in [0.1, 0.15) is 37.7 Å². The molecule has 2 nitrogen and oxygen atoms in total. The number of alkyl halides is 1. The van der Waals surface area contributed by atoms with Gasteiger partial charge in [-0.25, -0.2) is 0 Å². The summed E-state index contributed by atoms with van der Waals surface area (Å²) < 4.78 is 0. The average Bonchev–Trinajstić information content (AvgIpc) is 2.90. The van der Waals surface area contributed by atoms with Crippen LogP contribution in [0, 0.1) is 0 Å². The topological polar surface area (TPSA) is 19.0 Å². The quantitative estimate of drug-likeness (QED) is 0.653. The molecule has 3 heteroatoms. The third-order valence-electron chi connectivity index (χ3n) is 4.32. The van der Waals surface area contributed by atoms with E-state index < -0.39 is 0 Å². The second-order valence-corrected chi connectivity index (χ2v) is 5.95. The smallest absolute Gasteiger partial charge is 0.0847 e. The Labute approximate surface area is 119 Å². The summed E-state index contributed by atoms with van der Waals surface area (Å²) in [5.74, 6) is 0.674. The number of piperidine rings is 1. The van der Waals surface area contributed by atoms with Crippen LogP contribution in [-0.2, 0) is 0 Å². The van der Waals surface area contributed by atoms with Gasteiger partial charge in [0.2, 0.25) is 0 Å². The zero-order valence-corrected chi connectivity index (χ0v) is 12.2. The van der Waals surface area contributed by atoms with E-state index in [1.165, 1.54) is 29.3 Å². The molecule has 1 aromatic carbocycles. The minimum Gasteiger partial charge on any atom is -0.361 e. The highest BCUT2D eigenvalue weighted by atomic mass is 35.5. The van der Waals surface area contributed by atoms with E-state index in [1.54, 1.807) is 0 Å². The van der Waals surface area contributed by atoms with Gasteiger partial charge in [0.25, 0.3) is 0 Å². The summed E-state index contributed by atoms with van der Waals surface area (Å²) in [4.78, 5) is 5.80. The number of nitrogens with one attached hydrogen (secondary N) is 1. The molecule has 0 aliphatic carbocycles. The van der Waals surface area contributed by atoms with E-state index in [2.05, 4.69) is 47.3 Å². The van der Waals surface area contributed by atoms with Gasteiger partial charge >= 0.3 is 0 Å². The molecule has 1 N–H and O–H groups in total. The fourth-order valence-corrected chi connectivity index (χ4v) is 3.38. The third kappa shape index (κ3) is 2.52. The number of likely N-dealkylation sites (tertiary alicyclic amines) is 1. The van der Waals surface area contributed by atoms with Crippen LogP contribution in [-0.4, -0.2) is 28.5 Å². The van der Waals surface area contributed by atoms with Crippen molar-refractivity contribution >= 4 is 22.5 Å². The molecule has 0 radical (unpaired) electrons. The van der Waals surface area contributed by atoms with Crippen molar-refractivity contribution in [3.63, 3.8) is 0 Å². The van der Waals surface area contributed by atoms with Crippen LogP contribution < -0.4 is 0 Å². The van der Waals surface area contributed by atoms with Gasteiger partial charge in [0.05, 0.1) is 5.50 Å². The Balaban J connectivity index is 1.75. The first-order valence-electron chi connectivity index (χ1n) is 7.23. The summed E-state index contributed by atoms with van der Waals surface area (Å²) in [6.45, 7) is 4.39. The van der Waals surface area contributed by atoms with Gasteiger partial charge in [-0.1, -0.05) is 25.1 Å². The first-order chi connectivity index (χ1) is 9.29. The summed E-state index contributed by atoms with van der Waals surface area (Å²) in [5.41, 5.74) is 2.95. The predicted molar refractivity (Wildman–Crippen MR) is 81.8 cm³/mol. The number of nitrogens with zero attached hydrogens (tertiary/aromatic N) is 1. The lowest BCUT2D eigenvalue weighted by Gasteiger charge is -2.34. The molecule has 2 heterocycles. The summed E-state index contributed by atoms with van der Waals surface area (Å²) in [5, 5.41) is 1.39. The monoisotopic (exact) mass is 276 g/mol. The van der Waals surface area contributed by atoms with E-state index >= 15 is 0 Å². The number of aromatic amines is 1. The highest BCUT2D eigenvalue weighted by Crippen LogP contribution is 2.34. The molecule has 102 valence electrons. The number of benzene rings is 1. The first kappa shape index (κ1) is 13.0. The summed E-state index contributed by atoms with van der Waals surface area (Å²) in [6, 6.07) is 8.59. The molecular formula is C16H21ClN2. The van der Waals surface area contributed by atoms with Crippen LogP contribution in [0.4, 0.5) is 0 Å². The van der Waals surface area contributed by atoms with Crippen molar-refractivity contribution in [3.8, 4) is 0 Å². The van der Waals surface area contributed by atoms with Crippen LogP contribution >= 0.6 is 11.6 Å². The Hall–Kier alpha value is -0.990. The molecule has 1 unspecified atom stereocenters. The molecule has 1 aliphatic rings. The van der Waals surface area contributed by atoms with Crippen molar-refractivity contribution in [2.45, 2.75) is 37.6 Å². The molecular weight excluding hydrogens is 256 g/mol. The Morgan fingerprint density at radius 2 is 2.05 bits per heavy atom. The van der Waals surface area contributed by atoms with Crippen molar-refractivity contribution in [2.75, 3.05) is 13.1 Å². The van der Waals surface area contributed by atoms with E-state index in [-0.39, 0.29) is 5.50 Å². The van der Waals surface area contributed by atoms with Gasteiger partial charge in [0.1, 0.15) is 0 Å². The van der Waals surface area contributed by atoms with Crippen LogP contribution in [0.5, 0.6) is 0 Å². The lowest BCUT2D eigenvalue weighted by Crippen LogP contribution is -2.37. The Morgan fingerprint density at radius 3 is 2.79 bits per heavy atom. The molecule has 1 aliphatic heterocycles. The van der Waals surface area contributed by atoms with Crippen LogP contribution in [0.15, 0.2) is 30.5 Å². The summed E-state index contributed by atoms with van der Waals surface area (Å²) in [7, 11) is 0. The Kier molecular flexibility index (Phi) is 3.81. The van der Waals surface area contributed by atoms with Gasteiger partial charge in [-0.15, -0.1) is 11.6 Å². The van der Waals surface area contributed by atoms with E-state index in [1.807, 2.05) is 0 Å². The number of rotatable bonds is 3. The number of H-pyrrole nitrogens is 1. The molecule has 0 spiro atoms. The minimum absolute atomic E-state index is 0.212. The molecule has 2 aromatic rings. The van der Waals surface area contributed by atoms with Crippen molar-refractivity contribution in [2.24, 2.45) is 0 Å². The van der Waals surface area contributed by atoms with Gasteiger partial charge in [0.15, 0.2) is 0 Å². The molecule has 0 amide bonds. The molecule has 1 saturated heterocycles. The zero-order valence-electron chi connectivity index (χ0n) is 11.4. The summed E-state index contributed by atoms with van der Waals surface area (Å²) in [6.07, 6.45) is 5.65. The zero-order chi connectivity index (χ0) is 13.2. The lowest BCUT2D eigenvalue weighted by molar-refractivity contribution is 0.192. The largest absolute Gasteiger partial charge is 0.361 e. The van der Waals surface area contributed by atoms with Gasteiger partial charge < -0.3 is 4.98 Å². The number of para-hydroxylation sites is 1. The van der Waals surface area contributed by atoms with E-state index in [9.17, 15) is 0 Å². The molecule has 0 saturated carbocycles. The molecule has 1 atom stereocenters. The normalized spacial score (nSPS) is 19.9. The number of fused-ring (bicyclic) bond motifs is 1. The Morgan fingerprint density at radius 1 is 1.32 bits per heavy atom. The van der Waals surface area contributed by atoms with Crippen LogP contribution in [0.2, 0.25) is 0 Å². The van der Waals surface area contributed by atoms with E-state index in [0.717, 1.165) is 19.5 Å². The number of hydrogen-bond donors (Lipinski definition) is 1. The third-order valence-corrected chi connectivity index (χ3v) is 4.91. The molecule has 1 aromatic heterocycles. The van der Waals surface area contributed by atoms with Gasteiger partial charge in [-0.3, -0.25) is 4.90 Å². The second-order valence-electron chi connectivity index (χ2n) is 5.44.